The number of aliphatic carboxylic acids is 1. The van der Waals surface area contributed by atoms with Crippen LogP contribution in [0.3, 0.4) is 0 Å². The van der Waals surface area contributed by atoms with Crippen molar-refractivity contribution in [2.75, 3.05) is 32.6 Å². The van der Waals surface area contributed by atoms with E-state index in [1.807, 2.05) is 6.92 Å². The molecule has 0 spiro atoms. The number of carbonyl (C=O) groups is 2. The molecule has 1 aliphatic carbocycles. The Hall–Kier alpha value is -1.23. The fraction of sp³-hybridized carbons (Fsp3) is 0.867. The highest BCUT2D eigenvalue weighted by Gasteiger charge is 2.66. The van der Waals surface area contributed by atoms with Crippen LogP contribution in [0, 0.1) is 5.41 Å². The van der Waals surface area contributed by atoms with Gasteiger partial charge in [0.05, 0.1) is 18.4 Å². The topological polar surface area (TPSA) is 131 Å². The third-order valence-electron chi connectivity index (χ3n) is 4.70. The normalized spacial score (nSPS) is 25.2. The zero-order valence-corrected chi connectivity index (χ0v) is 15.9. The van der Waals surface area contributed by atoms with E-state index in [1.54, 1.807) is 13.8 Å². The standard InChI is InChI=1S/C15H28N2O7S/c1-5-24-11-9-15(13(19)20,14(11,2)3)17-12(18)10-16-25(21,22)8-6-7-23-4/h11,16H,5-10H2,1-4H3,(H,17,18)(H,19,20). The molecule has 25 heavy (non-hydrogen) atoms. The van der Waals surface area contributed by atoms with Crippen molar-refractivity contribution in [1.82, 2.24) is 10.0 Å². The van der Waals surface area contributed by atoms with Crippen molar-refractivity contribution in [3.05, 3.63) is 0 Å². The molecule has 1 fully saturated rings. The number of ether oxygens (including phenoxy) is 2. The van der Waals surface area contributed by atoms with Crippen molar-refractivity contribution in [1.29, 1.82) is 0 Å². The summed E-state index contributed by atoms with van der Waals surface area (Å²) in [7, 11) is -2.16. The maximum Gasteiger partial charge on any atom is 0.330 e. The van der Waals surface area contributed by atoms with Gasteiger partial charge in [0.2, 0.25) is 15.9 Å². The summed E-state index contributed by atoms with van der Waals surface area (Å²) >= 11 is 0. The van der Waals surface area contributed by atoms with Crippen LogP contribution in [0.4, 0.5) is 0 Å². The second kappa shape index (κ2) is 8.43. The largest absolute Gasteiger partial charge is 0.479 e. The molecule has 10 heteroatoms. The van der Waals surface area contributed by atoms with Crippen LogP contribution in [0.1, 0.15) is 33.6 Å². The van der Waals surface area contributed by atoms with E-state index < -0.39 is 39.4 Å². The summed E-state index contributed by atoms with van der Waals surface area (Å²) < 4.78 is 36.0. The van der Waals surface area contributed by atoms with Crippen LogP contribution >= 0.6 is 0 Å². The van der Waals surface area contributed by atoms with Gasteiger partial charge < -0.3 is 19.9 Å². The molecule has 9 nitrogen and oxygen atoms in total. The number of hydrogen-bond acceptors (Lipinski definition) is 6. The molecule has 0 saturated heterocycles. The van der Waals surface area contributed by atoms with Crippen molar-refractivity contribution in [2.24, 2.45) is 5.41 Å². The molecule has 0 aromatic rings. The first-order valence-corrected chi connectivity index (χ1v) is 9.80. The Balaban J connectivity index is 2.66. The molecule has 1 rings (SSSR count). The molecule has 1 saturated carbocycles. The Kier molecular flexibility index (Phi) is 7.36. The Morgan fingerprint density at radius 1 is 1.32 bits per heavy atom. The predicted molar refractivity (Wildman–Crippen MR) is 90.6 cm³/mol. The fourth-order valence-electron chi connectivity index (χ4n) is 2.96. The number of nitrogens with one attached hydrogen (secondary N) is 2. The van der Waals surface area contributed by atoms with Crippen molar-refractivity contribution < 1.29 is 32.6 Å². The summed E-state index contributed by atoms with van der Waals surface area (Å²) in [6.07, 6.45) is 0.144. The van der Waals surface area contributed by atoms with Gasteiger partial charge in [-0.2, -0.15) is 0 Å². The monoisotopic (exact) mass is 380 g/mol. The van der Waals surface area contributed by atoms with Gasteiger partial charge in [-0.1, -0.05) is 13.8 Å². The molecule has 0 bridgehead atoms. The highest BCUT2D eigenvalue weighted by Crippen LogP contribution is 2.51. The minimum absolute atomic E-state index is 0.134. The minimum Gasteiger partial charge on any atom is -0.479 e. The van der Waals surface area contributed by atoms with E-state index >= 15 is 0 Å². The molecule has 0 aliphatic heterocycles. The number of carbonyl (C=O) groups excluding carboxylic acids is 1. The molecule has 2 unspecified atom stereocenters. The molecule has 2 atom stereocenters. The number of carboxylic acids is 1. The number of sulfonamides is 1. The maximum absolute atomic E-state index is 12.1. The van der Waals surface area contributed by atoms with Crippen LogP contribution < -0.4 is 10.0 Å². The van der Waals surface area contributed by atoms with Gasteiger partial charge in [0.15, 0.2) is 0 Å². The molecule has 1 aliphatic rings. The molecule has 0 aromatic carbocycles. The Morgan fingerprint density at radius 2 is 1.96 bits per heavy atom. The lowest BCUT2D eigenvalue weighted by Crippen LogP contribution is -2.76. The van der Waals surface area contributed by atoms with Crippen LogP contribution in [0.25, 0.3) is 0 Å². The zero-order chi connectivity index (χ0) is 19.3. The van der Waals surface area contributed by atoms with Gasteiger partial charge in [-0.05, 0) is 13.3 Å². The highest BCUT2D eigenvalue weighted by molar-refractivity contribution is 7.89. The summed E-state index contributed by atoms with van der Waals surface area (Å²) in [5.74, 6) is -2.03. The van der Waals surface area contributed by atoms with E-state index in [4.69, 9.17) is 9.47 Å². The van der Waals surface area contributed by atoms with Crippen molar-refractivity contribution in [2.45, 2.75) is 45.3 Å². The minimum atomic E-state index is -3.62. The van der Waals surface area contributed by atoms with E-state index in [0.29, 0.717) is 19.6 Å². The first-order chi connectivity index (χ1) is 11.5. The van der Waals surface area contributed by atoms with Gasteiger partial charge >= 0.3 is 5.97 Å². The van der Waals surface area contributed by atoms with Gasteiger partial charge in [0.1, 0.15) is 5.54 Å². The van der Waals surface area contributed by atoms with E-state index in [0.717, 1.165) is 0 Å². The summed E-state index contributed by atoms with van der Waals surface area (Å²) in [6.45, 7) is 5.45. The average Bonchev–Trinajstić information content (AvgIpc) is 2.51. The summed E-state index contributed by atoms with van der Waals surface area (Å²) in [5.41, 5.74) is -2.30. The van der Waals surface area contributed by atoms with E-state index in [9.17, 15) is 23.1 Å². The average molecular weight is 380 g/mol. The van der Waals surface area contributed by atoms with Crippen molar-refractivity contribution >= 4 is 21.9 Å². The predicted octanol–water partition coefficient (Wildman–Crippen LogP) is -0.283. The van der Waals surface area contributed by atoms with E-state index in [1.165, 1.54) is 7.11 Å². The Bertz CT molecular complexity index is 591. The lowest BCUT2D eigenvalue weighted by molar-refractivity contribution is -0.194. The molecule has 0 radical (unpaired) electrons. The molecular formula is C15H28N2O7S. The van der Waals surface area contributed by atoms with Crippen LogP contribution in [-0.2, 0) is 29.1 Å². The van der Waals surface area contributed by atoms with Gasteiger partial charge in [-0.25, -0.2) is 17.9 Å². The van der Waals surface area contributed by atoms with Gasteiger partial charge in [0, 0.05) is 32.2 Å². The molecule has 146 valence electrons. The first kappa shape index (κ1) is 21.8. The maximum atomic E-state index is 12.1. The zero-order valence-electron chi connectivity index (χ0n) is 15.1. The summed E-state index contributed by atoms with van der Waals surface area (Å²) in [5, 5.41) is 12.1. The molecule has 1 amide bonds. The van der Waals surface area contributed by atoms with Crippen LogP contribution in [0.15, 0.2) is 0 Å². The lowest BCUT2D eigenvalue weighted by Gasteiger charge is -2.58. The molecular weight excluding hydrogens is 352 g/mol. The third-order valence-corrected chi connectivity index (χ3v) is 6.11. The number of carboxylic acid groups (broad SMARTS) is 1. The number of hydrogen-bond donors (Lipinski definition) is 3. The van der Waals surface area contributed by atoms with E-state index in [2.05, 4.69) is 10.0 Å². The van der Waals surface area contributed by atoms with Crippen LogP contribution in [-0.4, -0.2) is 69.7 Å². The fourth-order valence-corrected chi connectivity index (χ4v) is 3.95. The summed E-state index contributed by atoms with van der Waals surface area (Å²) in [4.78, 5) is 23.9. The first-order valence-electron chi connectivity index (χ1n) is 8.14. The second-order valence-electron chi connectivity index (χ2n) is 6.61. The molecule has 0 aromatic heterocycles. The number of rotatable bonds is 11. The van der Waals surface area contributed by atoms with Crippen molar-refractivity contribution in [3.8, 4) is 0 Å². The van der Waals surface area contributed by atoms with Gasteiger partial charge in [-0.3, -0.25) is 4.79 Å². The van der Waals surface area contributed by atoms with Gasteiger partial charge in [0.25, 0.3) is 0 Å². The van der Waals surface area contributed by atoms with Gasteiger partial charge in [-0.15, -0.1) is 0 Å². The Labute approximate surface area is 148 Å². The molecule has 0 heterocycles. The van der Waals surface area contributed by atoms with Crippen molar-refractivity contribution in [3.63, 3.8) is 0 Å². The highest BCUT2D eigenvalue weighted by atomic mass is 32.2. The van der Waals surface area contributed by atoms with E-state index in [-0.39, 0.29) is 18.3 Å². The Morgan fingerprint density at radius 3 is 2.44 bits per heavy atom. The summed E-state index contributed by atoms with van der Waals surface area (Å²) in [6, 6.07) is 0. The third kappa shape index (κ3) is 4.90. The lowest BCUT2D eigenvalue weighted by atomic mass is 9.54. The van der Waals surface area contributed by atoms with Crippen LogP contribution in [0.2, 0.25) is 0 Å². The quantitative estimate of drug-likeness (QED) is 0.420. The van der Waals surface area contributed by atoms with Crippen LogP contribution in [0.5, 0.6) is 0 Å². The second-order valence-corrected chi connectivity index (χ2v) is 8.54. The molecule has 3 N–H and O–H groups in total. The number of methoxy groups -OCH3 is 1. The smallest absolute Gasteiger partial charge is 0.330 e. The SMILES string of the molecule is CCOC1CC(NC(=O)CNS(=O)(=O)CCCOC)(C(=O)O)C1(C)C. The number of amides is 1.